The van der Waals surface area contributed by atoms with Gasteiger partial charge in [-0.05, 0) is 0 Å². The molecule has 0 heterocycles. The summed E-state index contributed by atoms with van der Waals surface area (Å²) < 4.78 is 0. The Morgan fingerprint density at radius 3 is 0.583 bits per heavy atom. The molecule has 0 saturated carbocycles. The van der Waals surface area contributed by atoms with Crippen LogP contribution in [0, 0.1) is 0 Å². The Balaban J connectivity index is -0.000000000111. The largest absolute Gasteiger partial charge is 0 e. The van der Waals surface area contributed by atoms with Gasteiger partial charge in [-0.2, -0.15) is 0 Å². The number of hydrogen-bond donors (Lipinski definition) is 0. The Hall–Kier alpha value is 3.02. The quantitative estimate of drug-likeness (QED) is 0.387. The summed E-state index contributed by atoms with van der Waals surface area (Å²) in [5.41, 5.74) is 2.00. The summed E-state index contributed by atoms with van der Waals surface area (Å²) in [5, 5.41) is 0. The summed E-state index contributed by atoms with van der Waals surface area (Å²) in [6.07, 6.45) is 0. The molecule has 10 N–H and O–H groups in total. The Kier molecular flexibility index (Phi) is 3970. The molecular weight excluding hydrogens is 333 g/mol. The van der Waals surface area contributed by atoms with Gasteiger partial charge in [-0.25, -0.2) is 0 Å². The molecule has 0 unspecified atom stereocenters. The maximum atomic E-state index is 2.00. The molecule has 0 aromatic heterocycles. The predicted octanol–water partition coefficient (Wildman–Crippen LogP) is -4.58. The van der Waals surface area contributed by atoms with E-state index in [0.29, 0.717) is 0 Å². The first-order valence-electron chi connectivity index (χ1n) is 1.00. The van der Waals surface area contributed by atoms with Crippen molar-refractivity contribution in [3.63, 3.8) is 0 Å². The van der Waals surface area contributed by atoms with Crippen LogP contribution in [0.2, 0.25) is 5.60 Å². The van der Waals surface area contributed by atoms with E-state index in [1.54, 1.807) is 0 Å². The number of hydrogen-bond acceptors (Lipinski definition) is 0. The van der Waals surface area contributed by atoms with Crippen molar-refractivity contribution in [3.8, 4) is 0 Å². The van der Waals surface area contributed by atoms with Crippen LogP contribution in [0.3, 0.4) is 0 Å². The van der Waals surface area contributed by atoms with Crippen molar-refractivity contribution in [2.75, 3.05) is 0 Å². The van der Waals surface area contributed by atoms with Crippen molar-refractivity contribution in [2.45, 2.75) is 5.60 Å². The molecule has 5 nitrogen and oxygen atoms in total. The third-order valence-electron chi connectivity index (χ3n) is 0. The summed E-state index contributed by atoms with van der Waals surface area (Å²) in [6.45, 7) is 0. The first-order valence-corrected chi connectivity index (χ1v) is 1.00. The minimum atomic E-state index is 0. The summed E-state index contributed by atoms with van der Waals surface area (Å²) in [7, 11) is 0. The Morgan fingerprint density at radius 2 is 0.583 bits per heavy atom. The van der Waals surface area contributed by atoms with E-state index in [4.69, 9.17) is 0 Å². The van der Waals surface area contributed by atoms with Gasteiger partial charge in [0.15, 0.2) is 0 Å². The van der Waals surface area contributed by atoms with Gasteiger partial charge >= 0.3 is 42.2 Å². The van der Waals surface area contributed by atoms with Gasteiger partial charge in [-0.1, -0.05) is 0 Å². The zero-order chi connectivity index (χ0) is 2.00. The van der Waals surface area contributed by atoms with Crippen molar-refractivity contribution in [2.24, 2.45) is 0 Å². The predicted molar refractivity (Wildman–Crippen MR) is 36.8 cm³/mol. The Bertz CT molecular complexity index is 25.4. The Morgan fingerprint density at radius 1 is 0.583 bits per heavy atom. The molecule has 0 atom stereocenters. The molecule has 0 bridgehead atoms. The molecule has 0 saturated heterocycles. The standard InChI is InChI=1S/CH3.2Li.2Mn.2Ni.5H2O.H/h1H3;;;;;;;5*1H2;. The third-order valence-corrected chi connectivity index (χ3v) is 0. The van der Waals surface area contributed by atoms with Crippen LogP contribution in [0.5, 0.6) is 0 Å². The molecule has 11 heteroatoms. The molecule has 0 aliphatic rings. The van der Waals surface area contributed by atoms with Gasteiger partial charge in [-0.15, -0.1) is 0 Å². The Labute approximate surface area is 135 Å². The summed E-state index contributed by atoms with van der Waals surface area (Å²) in [4.78, 5) is 0. The molecule has 84 valence electrons. The van der Waals surface area contributed by atoms with E-state index in [-0.39, 0.29) is 113 Å². The van der Waals surface area contributed by atoms with Crippen molar-refractivity contribution < 1.29 is 94.5 Å². The topological polar surface area (TPSA) is 158 Å². The van der Waals surface area contributed by atoms with Crippen molar-refractivity contribution in [3.05, 3.63) is 0 Å². The first-order chi connectivity index (χ1) is 1.00. The van der Waals surface area contributed by atoms with Crippen LogP contribution in [0.15, 0.2) is 0 Å². The van der Waals surface area contributed by atoms with Crippen LogP contribution in [0.4, 0.5) is 0 Å². The van der Waals surface area contributed by atoms with Crippen LogP contribution in [-0.4, -0.2) is 64.0 Å². The number of rotatable bonds is 0. The molecular formula is CH14Li2Mn2Ni2O5. The van der Waals surface area contributed by atoms with E-state index in [1.807, 2.05) is 23.3 Å². The van der Waals surface area contributed by atoms with Gasteiger partial charge in [0.1, 0.15) is 0 Å². The first kappa shape index (κ1) is 183. The van der Waals surface area contributed by atoms with Crippen molar-refractivity contribution in [1.29, 1.82) is 0 Å². The molecule has 0 aliphatic carbocycles. The maximum Gasteiger partial charge on any atom is 0 e. The smallest absolute Gasteiger partial charge is 0 e. The molecule has 2 radical (unpaired) electrons. The monoisotopic (exact) mass is 346 g/mol. The fourth-order valence-corrected chi connectivity index (χ4v) is 0. The molecule has 0 spiro atoms. The minimum absolute atomic E-state index is 0. The minimum Gasteiger partial charge on any atom is 0 e. The second-order valence-electron chi connectivity index (χ2n) is 0. The zero-order valence-corrected chi connectivity index (χ0v) is 10.2. The third kappa shape index (κ3) is 206. The zero-order valence-electron chi connectivity index (χ0n) is 5.89. The van der Waals surface area contributed by atoms with Crippen LogP contribution in [0.1, 0.15) is 0 Å². The molecule has 0 aromatic carbocycles. The van der Waals surface area contributed by atoms with Crippen molar-refractivity contribution in [1.82, 2.24) is 0 Å². The summed E-state index contributed by atoms with van der Waals surface area (Å²) in [6, 6.07) is 0. The van der Waals surface area contributed by atoms with Crippen LogP contribution in [-0.2, 0) is 67.1 Å². The molecule has 0 rings (SSSR count). The summed E-state index contributed by atoms with van der Waals surface area (Å²) >= 11 is 2.00. The van der Waals surface area contributed by atoms with Gasteiger partial charge in [-0.3, -0.25) is 0 Å². The van der Waals surface area contributed by atoms with Gasteiger partial charge in [0.05, 0.1) is 0 Å². The van der Waals surface area contributed by atoms with Gasteiger partial charge < -0.3 is 27.4 Å². The molecule has 12 heavy (non-hydrogen) atoms. The normalized spacial score (nSPS) is 0.583. The second kappa shape index (κ2) is 261. The van der Waals surface area contributed by atoms with E-state index in [0.717, 1.165) is 0 Å². The van der Waals surface area contributed by atoms with E-state index < -0.39 is 0 Å². The van der Waals surface area contributed by atoms with Crippen LogP contribution >= 0.6 is 0 Å². The van der Waals surface area contributed by atoms with Crippen molar-refractivity contribution >= 4 is 36.6 Å². The average Bonchev–Trinajstić information content (AvgIpc) is 1.00. The van der Waals surface area contributed by atoms with Gasteiger partial charge in [0, 0.05) is 67.1 Å². The van der Waals surface area contributed by atoms with Crippen LogP contribution < -0.4 is 0 Å². The fourth-order valence-electron chi connectivity index (χ4n) is 0. The van der Waals surface area contributed by atoms with E-state index >= 15 is 0 Å². The molecule has 0 fully saturated rings. The molecule has 0 aromatic rings. The molecule has 0 amide bonds. The van der Waals surface area contributed by atoms with E-state index in [9.17, 15) is 0 Å². The maximum absolute atomic E-state index is 2.00. The molecule has 0 aliphatic heterocycles. The SMILES string of the molecule is O.O.O.O.O.[LiH].[Li][CH3].[Mn].[Mn].[Ni].[Ni]. The second-order valence-corrected chi connectivity index (χ2v) is 0. The van der Waals surface area contributed by atoms with Crippen LogP contribution in [0.25, 0.3) is 0 Å². The van der Waals surface area contributed by atoms with E-state index in [1.165, 1.54) is 0 Å². The van der Waals surface area contributed by atoms with Gasteiger partial charge in [0.25, 0.3) is 0 Å². The van der Waals surface area contributed by atoms with E-state index in [2.05, 4.69) is 0 Å². The average molecular weight is 347 g/mol. The summed E-state index contributed by atoms with van der Waals surface area (Å²) in [5.74, 6) is 0. The fraction of sp³-hybridized carbons (Fsp3) is 1.00. The van der Waals surface area contributed by atoms with Gasteiger partial charge in [0.2, 0.25) is 0 Å².